The molecule has 0 aromatic heterocycles. The largest absolute Gasteiger partial charge is 0.361 e. The summed E-state index contributed by atoms with van der Waals surface area (Å²) in [4.78, 5) is 11.6. The van der Waals surface area contributed by atoms with Crippen LogP contribution in [0.4, 0.5) is 0 Å². The molecule has 0 bridgehead atoms. The Hall–Kier alpha value is 0.01000. The van der Waals surface area contributed by atoms with E-state index in [9.17, 15) is 4.79 Å². The molecule has 0 aromatic carbocycles. The Labute approximate surface area is 75.2 Å². The SMILES string of the molecule is O=C(C(Cl)Cl)N1CCCOC1. The van der Waals surface area contributed by atoms with Crippen LogP contribution in [0.25, 0.3) is 0 Å². The first-order valence-electron chi connectivity index (χ1n) is 3.36. The molecular formula is C6H9Cl2NO2. The fourth-order valence-corrected chi connectivity index (χ4v) is 1.18. The summed E-state index contributed by atoms with van der Waals surface area (Å²) in [5.41, 5.74) is 0. The van der Waals surface area contributed by atoms with Crippen molar-refractivity contribution in [1.82, 2.24) is 4.90 Å². The van der Waals surface area contributed by atoms with E-state index >= 15 is 0 Å². The standard InChI is InChI=1S/C6H9Cl2NO2/c7-5(8)6(10)9-2-1-3-11-4-9/h5H,1-4H2. The summed E-state index contributed by atoms with van der Waals surface area (Å²) in [5, 5.41) is 0. The lowest BCUT2D eigenvalue weighted by Gasteiger charge is -2.26. The highest BCUT2D eigenvalue weighted by Crippen LogP contribution is 2.10. The Morgan fingerprint density at radius 3 is 2.73 bits per heavy atom. The molecule has 0 spiro atoms. The van der Waals surface area contributed by atoms with Crippen molar-refractivity contribution in [1.29, 1.82) is 0 Å². The number of ether oxygens (including phenoxy) is 1. The highest BCUT2D eigenvalue weighted by Gasteiger charge is 2.21. The Bertz CT molecular complexity index is 146. The van der Waals surface area contributed by atoms with Gasteiger partial charge in [-0.05, 0) is 6.42 Å². The van der Waals surface area contributed by atoms with Gasteiger partial charge in [-0.2, -0.15) is 0 Å². The van der Waals surface area contributed by atoms with E-state index < -0.39 is 4.84 Å². The van der Waals surface area contributed by atoms with Crippen LogP contribution in [0.2, 0.25) is 0 Å². The van der Waals surface area contributed by atoms with E-state index in [-0.39, 0.29) is 5.91 Å². The molecule has 1 aliphatic rings. The fourth-order valence-electron chi connectivity index (χ4n) is 0.909. The van der Waals surface area contributed by atoms with Crippen molar-refractivity contribution in [2.24, 2.45) is 0 Å². The monoisotopic (exact) mass is 197 g/mol. The summed E-state index contributed by atoms with van der Waals surface area (Å²) >= 11 is 10.8. The molecule has 5 heteroatoms. The average Bonchev–Trinajstić information content (AvgIpc) is 2.05. The number of halogens is 2. The van der Waals surface area contributed by atoms with Crippen LogP contribution in [0.1, 0.15) is 6.42 Å². The molecule has 1 rings (SSSR count). The van der Waals surface area contributed by atoms with Gasteiger partial charge in [0.1, 0.15) is 6.73 Å². The molecule has 3 nitrogen and oxygen atoms in total. The van der Waals surface area contributed by atoms with Gasteiger partial charge >= 0.3 is 0 Å². The first-order valence-corrected chi connectivity index (χ1v) is 4.24. The van der Waals surface area contributed by atoms with Crippen LogP contribution in [0.3, 0.4) is 0 Å². The lowest BCUT2D eigenvalue weighted by molar-refractivity contribution is -0.138. The van der Waals surface area contributed by atoms with Crippen LogP contribution in [0, 0.1) is 0 Å². The van der Waals surface area contributed by atoms with Crippen LogP contribution < -0.4 is 0 Å². The van der Waals surface area contributed by atoms with Crippen molar-refractivity contribution in [2.75, 3.05) is 19.9 Å². The maximum Gasteiger partial charge on any atom is 0.257 e. The predicted molar refractivity (Wildman–Crippen MR) is 42.6 cm³/mol. The first-order chi connectivity index (χ1) is 5.22. The fraction of sp³-hybridized carbons (Fsp3) is 0.833. The summed E-state index contributed by atoms with van der Waals surface area (Å²) in [5.74, 6) is -0.270. The van der Waals surface area contributed by atoms with Crippen molar-refractivity contribution in [3.63, 3.8) is 0 Å². The van der Waals surface area contributed by atoms with Crippen molar-refractivity contribution >= 4 is 29.1 Å². The zero-order chi connectivity index (χ0) is 8.27. The number of nitrogens with zero attached hydrogens (tertiary/aromatic N) is 1. The summed E-state index contributed by atoms with van der Waals surface area (Å²) in [6.45, 7) is 1.71. The molecule has 11 heavy (non-hydrogen) atoms. The van der Waals surface area contributed by atoms with Crippen LogP contribution in [-0.2, 0) is 9.53 Å². The van der Waals surface area contributed by atoms with Crippen LogP contribution >= 0.6 is 23.2 Å². The number of carbonyl (C=O) groups is 1. The molecule has 0 atom stereocenters. The number of amides is 1. The maximum absolute atomic E-state index is 11.1. The van der Waals surface area contributed by atoms with Gasteiger partial charge in [-0.25, -0.2) is 0 Å². The van der Waals surface area contributed by atoms with Gasteiger partial charge in [0, 0.05) is 6.54 Å². The topological polar surface area (TPSA) is 29.5 Å². The minimum atomic E-state index is -0.961. The van der Waals surface area contributed by atoms with Gasteiger partial charge in [0.05, 0.1) is 6.61 Å². The third-order valence-electron chi connectivity index (χ3n) is 1.46. The van der Waals surface area contributed by atoms with Crippen molar-refractivity contribution in [3.8, 4) is 0 Å². The van der Waals surface area contributed by atoms with Gasteiger partial charge in [0.2, 0.25) is 0 Å². The van der Waals surface area contributed by atoms with Crippen LogP contribution in [-0.4, -0.2) is 35.5 Å². The maximum atomic E-state index is 11.1. The van der Waals surface area contributed by atoms with Gasteiger partial charge in [0.15, 0.2) is 4.84 Å². The molecule has 0 aromatic rings. The second-order valence-corrected chi connectivity index (χ2v) is 3.39. The summed E-state index contributed by atoms with van der Waals surface area (Å²) < 4.78 is 5.04. The lowest BCUT2D eigenvalue weighted by atomic mass is 10.4. The zero-order valence-electron chi connectivity index (χ0n) is 5.93. The number of hydrogen-bond acceptors (Lipinski definition) is 2. The third kappa shape index (κ3) is 2.51. The Balaban J connectivity index is 2.39. The summed E-state index contributed by atoms with van der Waals surface area (Å²) in [6, 6.07) is 0. The van der Waals surface area contributed by atoms with Gasteiger partial charge in [-0.3, -0.25) is 4.79 Å². The molecule has 0 unspecified atom stereocenters. The molecule has 1 heterocycles. The number of rotatable bonds is 1. The van der Waals surface area contributed by atoms with Gasteiger partial charge in [-0.15, -0.1) is 0 Å². The van der Waals surface area contributed by atoms with Crippen LogP contribution in [0.15, 0.2) is 0 Å². The van der Waals surface area contributed by atoms with Crippen LogP contribution in [0.5, 0.6) is 0 Å². The highest BCUT2D eigenvalue weighted by atomic mass is 35.5. The Kier molecular flexibility index (Phi) is 3.43. The summed E-state index contributed by atoms with van der Waals surface area (Å²) in [6.07, 6.45) is 0.853. The van der Waals surface area contributed by atoms with E-state index in [1.807, 2.05) is 0 Å². The van der Waals surface area contributed by atoms with E-state index in [0.29, 0.717) is 19.9 Å². The third-order valence-corrected chi connectivity index (χ3v) is 1.84. The van der Waals surface area contributed by atoms with E-state index in [2.05, 4.69) is 0 Å². The molecule has 0 radical (unpaired) electrons. The second kappa shape index (κ2) is 4.14. The van der Waals surface area contributed by atoms with Gasteiger partial charge in [-0.1, -0.05) is 23.2 Å². The van der Waals surface area contributed by atoms with E-state index in [0.717, 1.165) is 6.42 Å². The molecule has 1 amide bonds. The molecule has 0 saturated carbocycles. The van der Waals surface area contributed by atoms with E-state index in [1.54, 1.807) is 0 Å². The number of carbonyl (C=O) groups excluding carboxylic acids is 1. The molecule has 0 N–H and O–H groups in total. The number of alkyl halides is 2. The second-order valence-electron chi connectivity index (χ2n) is 2.29. The van der Waals surface area contributed by atoms with E-state index in [4.69, 9.17) is 27.9 Å². The normalized spacial score (nSPS) is 19.0. The van der Waals surface area contributed by atoms with Gasteiger partial charge in [0.25, 0.3) is 5.91 Å². The molecule has 1 fully saturated rings. The molecule has 1 aliphatic heterocycles. The minimum Gasteiger partial charge on any atom is -0.361 e. The van der Waals surface area contributed by atoms with Gasteiger partial charge < -0.3 is 9.64 Å². The average molecular weight is 198 g/mol. The molecule has 1 saturated heterocycles. The Morgan fingerprint density at radius 1 is 1.55 bits per heavy atom. The molecule has 64 valence electrons. The quantitative estimate of drug-likeness (QED) is 0.588. The van der Waals surface area contributed by atoms with Crippen molar-refractivity contribution in [2.45, 2.75) is 11.3 Å². The van der Waals surface area contributed by atoms with Crippen molar-refractivity contribution < 1.29 is 9.53 Å². The smallest absolute Gasteiger partial charge is 0.257 e. The molecular weight excluding hydrogens is 189 g/mol. The van der Waals surface area contributed by atoms with Crippen molar-refractivity contribution in [3.05, 3.63) is 0 Å². The minimum absolute atomic E-state index is 0.270. The zero-order valence-corrected chi connectivity index (χ0v) is 7.44. The predicted octanol–water partition coefficient (Wildman–Crippen LogP) is 0.996. The number of hydrogen-bond donors (Lipinski definition) is 0. The molecule has 0 aliphatic carbocycles. The first kappa shape index (κ1) is 9.10. The lowest BCUT2D eigenvalue weighted by Crippen LogP contribution is -2.40. The summed E-state index contributed by atoms with van der Waals surface area (Å²) in [7, 11) is 0. The highest BCUT2D eigenvalue weighted by molar-refractivity contribution is 6.53. The Morgan fingerprint density at radius 2 is 2.27 bits per heavy atom. The van der Waals surface area contributed by atoms with E-state index in [1.165, 1.54) is 4.90 Å².